The molecule has 0 saturated carbocycles. The van der Waals surface area contributed by atoms with Gasteiger partial charge in [0.25, 0.3) is 0 Å². The third kappa shape index (κ3) is 8.00. The number of hydrogen-bond acceptors (Lipinski definition) is 2. The van der Waals surface area contributed by atoms with Crippen LogP contribution < -0.4 is 4.57 Å². The minimum atomic E-state index is -0.360. The summed E-state index contributed by atoms with van der Waals surface area (Å²) in [7, 11) is 0. The molecule has 1 N–H and O–H groups in total. The van der Waals surface area contributed by atoms with Crippen LogP contribution in [0.5, 0.6) is 5.75 Å². The second-order valence-electron chi connectivity index (χ2n) is 12.5. The van der Waals surface area contributed by atoms with Crippen LogP contribution >= 0.6 is 46.4 Å². The summed E-state index contributed by atoms with van der Waals surface area (Å²) in [6, 6.07) is 15.0. The van der Waals surface area contributed by atoms with Crippen molar-refractivity contribution in [3.63, 3.8) is 0 Å². The predicted molar refractivity (Wildman–Crippen MR) is 170 cm³/mol. The van der Waals surface area contributed by atoms with Crippen LogP contribution in [0.3, 0.4) is 0 Å². The highest BCUT2D eigenvalue weighted by Crippen LogP contribution is 2.40. The molecule has 41 heavy (non-hydrogen) atoms. The molecular formula is C33H37Cl4N2O2+. The lowest BCUT2D eigenvalue weighted by Crippen LogP contribution is -2.32. The van der Waals surface area contributed by atoms with Gasteiger partial charge in [-0.15, -0.1) is 0 Å². The van der Waals surface area contributed by atoms with E-state index in [1.54, 1.807) is 18.2 Å². The standard InChI is InChI=1S/C33H36Cl4N2O2/c1-32(2,3)26-13-21(14-27(31(26)40)33(4,5)6)17-38-11-12-39(20-38)18-30(25-10-9-24(35)16-29(25)37)41-19-22-7-8-23(34)15-28(22)36/h7-16,20,30H,17-19H2,1-6H3/p+1. The van der Waals surface area contributed by atoms with Crippen LogP contribution in [-0.4, -0.2) is 9.67 Å². The van der Waals surface area contributed by atoms with Crippen molar-refractivity contribution in [1.82, 2.24) is 4.57 Å². The van der Waals surface area contributed by atoms with Crippen molar-refractivity contribution >= 4 is 46.4 Å². The minimum Gasteiger partial charge on any atom is -0.507 e. The Kier molecular flexibility index (Phi) is 9.72. The first-order valence-electron chi connectivity index (χ1n) is 13.5. The Morgan fingerprint density at radius 3 is 1.98 bits per heavy atom. The minimum absolute atomic E-state index is 0.188. The molecule has 0 amide bonds. The van der Waals surface area contributed by atoms with Crippen LogP contribution in [0.4, 0.5) is 0 Å². The molecule has 0 aliphatic carbocycles. The fraction of sp³-hybridized carbons (Fsp3) is 0.364. The molecule has 0 bridgehead atoms. The summed E-state index contributed by atoms with van der Waals surface area (Å²) in [6.45, 7) is 14.2. The molecule has 0 spiro atoms. The Balaban J connectivity index is 1.60. The molecule has 0 fully saturated rings. The average Bonchev–Trinajstić information content (AvgIpc) is 3.29. The average molecular weight is 635 g/mol. The maximum absolute atomic E-state index is 11.1. The maximum atomic E-state index is 11.1. The fourth-order valence-corrected chi connectivity index (χ4v) is 5.80. The van der Waals surface area contributed by atoms with E-state index in [2.05, 4.69) is 69.1 Å². The van der Waals surface area contributed by atoms with Gasteiger partial charge >= 0.3 is 0 Å². The number of hydrogen-bond donors (Lipinski definition) is 1. The van der Waals surface area contributed by atoms with Crippen molar-refractivity contribution in [1.29, 1.82) is 0 Å². The van der Waals surface area contributed by atoms with E-state index in [1.165, 1.54) is 0 Å². The molecule has 1 aromatic heterocycles. The SMILES string of the molecule is CC(C)(C)c1cc(C[n+]2ccn(CC(OCc3ccc(Cl)cc3Cl)c3ccc(Cl)cc3Cl)c2)cc(C(C)(C)C)c1O. The van der Waals surface area contributed by atoms with Gasteiger partial charge in [-0.2, -0.15) is 0 Å². The monoisotopic (exact) mass is 633 g/mol. The number of phenols is 1. The Hall–Kier alpha value is -2.21. The number of rotatable bonds is 8. The highest BCUT2D eigenvalue weighted by atomic mass is 35.5. The first-order valence-corrected chi connectivity index (χ1v) is 15.0. The van der Waals surface area contributed by atoms with Crippen LogP contribution in [0.1, 0.15) is 75.5 Å². The van der Waals surface area contributed by atoms with Gasteiger partial charge in [0.2, 0.25) is 6.33 Å². The van der Waals surface area contributed by atoms with E-state index in [9.17, 15) is 5.11 Å². The Labute approximate surface area is 263 Å². The number of halogens is 4. The van der Waals surface area contributed by atoms with Crippen molar-refractivity contribution in [3.05, 3.63) is 115 Å². The van der Waals surface area contributed by atoms with E-state index in [1.807, 2.05) is 30.6 Å². The second kappa shape index (κ2) is 12.6. The molecule has 3 aromatic carbocycles. The molecule has 1 unspecified atom stereocenters. The second-order valence-corrected chi connectivity index (χ2v) is 14.2. The van der Waals surface area contributed by atoms with E-state index in [0.717, 1.165) is 27.8 Å². The van der Waals surface area contributed by atoms with Crippen LogP contribution in [0.15, 0.2) is 67.3 Å². The van der Waals surface area contributed by atoms with Crippen molar-refractivity contribution in [2.24, 2.45) is 0 Å². The third-order valence-corrected chi connectivity index (χ3v) is 8.19. The van der Waals surface area contributed by atoms with Gasteiger partial charge in [0.15, 0.2) is 0 Å². The van der Waals surface area contributed by atoms with E-state index in [-0.39, 0.29) is 16.9 Å². The van der Waals surface area contributed by atoms with Crippen molar-refractivity contribution < 1.29 is 14.4 Å². The van der Waals surface area contributed by atoms with Crippen LogP contribution in [0, 0.1) is 0 Å². The molecule has 1 heterocycles. The number of phenolic OH excluding ortho intramolecular Hbond substituents is 1. The summed E-state index contributed by atoms with van der Waals surface area (Å²) in [6.07, 6.45) is 5.75. The zero-order valence-electron chi connectivity index (χ0n) is 24.3. The van der Waals surface area contributed by atoms with Gasteiger partial charge in [-0.25, -0.2) is 9.13 Å². The van der Waals surface area contributed by atoms with Crippen LogP contribution in [0.25, 0.3) is 0 Å². The molecule has 4 rings (SSSR count). The molecule has 8 heteroatoms. The smallest absolute Gasteiger partial charge is 0.244 e. The summed E-state index contributed by atoms with van der Waals surface area (Å²) in [5, 5.41) is 13.3. The van der Waals surface area contributed by atoms with Crippen molar-refractivity contribution in [2.45, 2.75) is 78.2 Å². The van der Waals surface area contributed by atoms with Crippen molar-refractivity contribution in [2.75, 3.05) is 0 Å². The summed E-state index contributed by atoms with van der Waals surface area (Å²) >= 11 is 25.3. The lowest BCUT2D eigenvalue weighted by Gasteiger charge is -2.28. The third-order valence-electron chi connectivity index (χ3n) is 7.04. The van der Waals surface area contributed by atoms with E-state index in [0.29, 0.717) is 45.5 Å². The highest BCUT2D eigenvalue weighted by molar-refractivity contribution is 6.35. The Bertz CT molecular complexity index is 1500. The lowest BCUT2D eigenvalue weighted by molar-refractivity contribution is -0.687. The molecule has 4 nitrogen and oxygen atoms in total. The summed E-state index contributed by atoms with van der Waals surface area (Å²) in [5.41, 5.74) is 4.33. The molecule has 218 valence electrons. The van der Waals surface area contributed by atoms with Crippen molar-refractivity contribution in [3.8, 4) is 5.75 Å². The molecule has 0 radical (unpaired) electrons. The number of nitrogens with zero attached hydrogens (tertiary/aromatic N) is 2. The van der Waals surface area contributed by atoms with Gasteiger partial charge in [-0.05, 0) is 69.5 Å². The number of benzene rings is 3. The van der Waals surface area contributed by atoms with Gasteiger partial charge < -0.3 is 9.84 Å². The topological polar surface area (TPSA) is 38.3 Å². The molecular weight excluding hydrogens is 598 g/mol. The fourth-order valence-electron chi connectivity index (χ4n) is 4.80. The molecule has 0 aliphatic rings. The molecule has 0 aliphatic heterocycles. The van der Waals surface area contributed by atoms with E-state index < -0.39 is 0 Å². The van der Waals surface area contributed by atoms with Crippen LogP contribution in [-0.2, 0) is 35.3 Å². The molecule has 4 aromatic rings. The zero-order chi connectivity index (χ0) is 30.1. The predicted octanol–water partition coefficient (Wildman–Crippen LogP) is 9.70. The van der Waals surface area contributed by atoms with Gasteiger partial charge in [-0.3, -0.25) is 0 Å². The zero-order valence-corrected chi connectivity index (χ0v) is 27.3. The lowest BCUT2D eigenvalue weighted by atomic mass is 9.78. The van der Waals surface area contributed by atoms with E-state index in [4.69, 9.17) is 51.1 Å². The van der Waals surface area contributed by atoms with Crippen LogP contribution in [0.2, 0.25) is 20.1 Å². The van der Waals surface area contributed by atoms with Gasteiger partial charge in [0.1, 0.15) is 37.3 Å². The number of ether oxygens (including phenoxy) is 1. The first-order chi connectivity index (χ1) is 19.1. The maximum Gasteiger partial charge on any atom is 0.244 e. The Morgan fingerprint density at radius 2 is 1.41 bits per heavy atom. The van der Waals surface area contributed by atoms with Gasteiger partial charge in [0.05, 0.1) is 6.61 Å². The van der Waals surface area contributed by atoms with Gasteiger partial charge in [0, 0.05) is 25.7 Å². The first kappa shape index (κ1) is 31.7. The number of imidazole rings is 1. The highest BCUT2D eigenvalue weighted by Gasteiger charge is 2.27. The summed E-state index contributed by atoms with van der Waals surface area (Å²) in [5.74, 6) is 0.386. The normalized spacial score (nSPS) is 13.0. The number of aromatic hydroxyl groups is 1. The largest absolute Gasteiger partial charge is 0.507 e. The summed E-state index contributed by atoms with van der Waals surface area (Å²) in [4.78, 5) is 0. The van der Waals surface area contributed by atoms with Gasteiger partial charge in [-0.1, -0.05) is 100 Å². The van der Waals surface area contributed by atoms with E-state index >= 15 is 0 Å². The number of aromatic nitrogens is 2. The summed E-state index contributed by atoms with van der Waals surface area (Å²) < 4.78 is 10.6. The molecule has 1 atom stereocenters. The quantitative estimate of drug-likeness (QED) is 0.196. The molecule has 0 saturated heterocycles. The Morgan fingerprint density at radius 1 is 0.829 bits per heavy atom.